The number of rotatable bonds is 4. The monoisotopic (exact) mass is 1260 g/mol. The van der Waals surface area contributed by atoms with Crippen molar-refractivity contribution in [2.75, 3.05) is 0 Å². The van der Waals surface area contributed by atoms with Crippen molar-refractivity contribution in [3.05, 3.63) is 0 Å². The summed E-state index contributed by atoms with van der Waals surface area (Å²) < 4.78 is 0. The van der Waals surface area contributed by atoms with Crippen molar-refractivity contribution < 1.29 is 39.6 Å². The maximum Gasteiger partial charge on any atom is 0.354 e. The van der Waals surface area contributed by atoms with E-state index in [2.05, 4.69) is 39.9 Å². The maximum absolute atomic E-state index is 11.9. The first-order chi connectivity index (χ1) is 34.5. The first-order valence-electron chi connectivity index (χ1n) is 28.3. The average molecular weight is 1260 g/mol. The first kappa shape index (κ1) is 77.8. The van der Waals surface area contributed by atoms with Gasteiger partial charge in [0.15, 0.2) is 0 Å². The van der Waals surface area contributed by atoms with Gasteiger partial charge in [0.05, 0.1) is 45.7 Å². The molecule has 0 saturated carbocycles. The Morgan fingerprint density at radius 3 is 0.333 bits per heavy atom. The third kappa shape index (κ3) is 16.6. The van der Waals surface area contributed by atoms with Crippen molar-refractivity contribution in [2.24, 2.45) is 105 Å². The van der Waals surface area contributed by atoms with Gasteiger partial charge >= 0.3 is 23.9 Å². The number of nitrogens with zero attached hydrogens (tertiary/aromatic N) is 8. The van der Waals surface area contributed by atoms with Crippen LogP contribution in [0.25, 0.3) is 0 Å². The maximum atomic E-state index is 11.9. The van der Waals surface area contributed by atoms with E-state index in [1.54, 1.807) is 0 Å². The molecule has 2 radical (unpaired) electrons. The Morgan fingerprint density at radius 2 is 0.296 bits per heavy atom. The van der Waals surface area contributed by atoms with Gasteiger partial charge in [0.2, 0.25) is 0 Å². The van der Waals surface area contributed by atoms with E-state index >= 15 is 0 Å². The predicted octanol–water partition coefficient (Wildman–Crippen LogP) is 14.8. The van der Waals surface area contributed by atoms with Gasteiger partial charge in [-0.3, -0.25) is 0 Å². The third-order valence-corrected chi connectivity index (χ3v) is 14.1. The van der Waals surface area contributed by atoms with Gasteiger partial charge < -0.3 is 20.4 Å². The molecule has 4 heterocycles. The van der Waals surface area contributed by atoms with Gasteiger partial charge in [-0.2, -0.15) is 0 Å². The second-order valence-corrected chi connectivity index (χ2v) is 34.6. The van der Waals surface area contributed by atoms with E-state index < -0.39 is 68.2 Å². The van der Waals surface area contributed by atoms with Crippen LogP contribution < -0.4 is 0 Å². The fourth-order valence-corrected chi connectivity index (χ4v) is 9.01. The molecular formula is C64H112BaN8O8. The van der Waals surface area contributed by atoms with E-state index in [1.165, 1.54) is 0 Å². The van der Waals surface area contributed by atoms with E-state index in [0.717, 1.165) is 45.7 Å². The van der Waals surface area contributed by atoms with Crippen LogP contribution in [0.15, 0.2) is 39.9 Å². The molecule has 4 aliphatic rings. The quantitative estimate of drug-likeness (QED) is 0.197. The molecule has 0 bridgehead atoms. The molecule has 458 valence electrons. The summed E-state index contributed by atoms with van der Waals surface area (Å²) in [4.78, 5) is 84.6. The molecule has 4 rings (SSSR count). The van der Waals surface area contributed by atoms with Crippen molar-refractivity contribution >= 4 is 118 Å². The molecule has 0 unspecified atom stereocenters. The Bertz CT molecular complexity index is 2180. The minimum Gasteiger partial charge on any atom is -0.478 e. The Kier molecular flexibility index (Phi) is 22.7. The van der Waals surface area contributed by atoms with Crippen LogP contribution >= 0.6 is 0 Å². The number of hydrogen-bond donors (Lipinski definition) is 4. The molecule has 0 atom stereocenters. The molecular weight excluding hydrogens is 1150 g/mol. The number of aliphatic carboxylic acids is 4. The summed E-state index contributed by atoms with van der Waals surface area (Å²) in [5, 5.41) is 39.0. The van der Waals surface area contributed by atoms with Crippen LogP contribution in [0, 0.1) is 65.0 Å². The topological polar surface area (TPSA) is 248 Å². The van der Waals surface area contributed by atoms with E-state index in [-0.39, 0.29) is 92.2 Å². The molecule has 4 N–H and O–H groups in total. The second-order valence-electron chi connectivity index (χ2n) is 34.6. The summed E-state index contributed by atoms with van der Waals surface area (Å²) in [5.74, 6) is -3.92. The zero-order chi connectivity index (χ0) is 64.6. The van der Waals surface area contributed by atoms with Crippen LogP contribution in [0.2, 0.25) is 0 Å². The van der Waals surface area contributed by atoms with Crippen molar-refractivity contribution in [1.29, 1.82) is 0 Å². The Morgan fingerprint density at radius 1 is 0.222 bits per heavy atom. The summed E-state index contributed by atoms with van der Waals surface area (Å²) in [7, 11) is 0. The van der Waals surface area contributed by atoms with Crippen LogP contribution in [-0.2, 0) is 19.2 Å². The van der Waals surface area contributed by atoms with Gasteiger partial charge in [-0.1, -0.05) is 249 Å². The number of hydrogen-bond acceptors (Lipinski definition) is 12. The first-order valence-corrected chi connectivity index (χ1v) is 28.3. The molecule has 16 nitrogen and oxygen atoms in total. The van der Waals surface area contributed by atoms with Gasteiger partial charge in [-0.05, 0) is 0 Å². The summed E-state index contributed by atoms with van der Waals surface area (Å²) >= 11 is 0. The van der Waals surface area contributed by atoms with E-state index in [1.807, 2.05) is 249 Å². The van der Waals surface area contributed by atoms with E-state index in [0.29, 0.717) is 0 Å². The number of carbonyl (C=O) groups is 4. The third-order valence-electron chi connectivity index (χ3n) is 14.1. The Balaban J connectivity index is 0.00000105. The SMILES string of the molecule is CC(C)(C)C1=NC(C(=O)O)(C(C)(C)C)N=C1C(C)(C)C.CC(C)(C)C1=NC(C(=O)O)(C(C)(C)C)N=C1C(C)(C)C.CC(C)(C)C1=NC(C(=O)O)(C(C)(C)C)N=C1C(C)(C)C.CC(C)(C)C1=NC(C(=O)O)(C(C)(C)C)N=C1C(C)(C)C.[Ba]. The number of carboxylic acids is 4. The van der Waals surface area contributed by atoms with Crippen molar-refractivity contribution in [3.63, 3.8) is 0 Å². The van der Waals surface area contributed by atoms with Crippen LogP contribution in [0.5, 0.6) is 0 Å². The molecule has 0 aromatic rings. The number of aliphatic imine (C=N–C) groups is 8. The van der Waals surface area contributed by atoms with E-state index in [4.69, 9.17) is 0 Å². The van der Waals surface area contributed by atoms with Gasteiger partial charge in [0.1, 0.15) is 0 Å². The van der Waals surface area contributed by atoms with Crippen LogP contribution in [0.3, 0.4) is 0 Å². The Hall–Kier alpha value is -3.19. The van der Waals surface area contributed by atoms with Crippen molar-refractivity contribution in [1.82, 2.24) is 0 Å². The molecule has 0 aromatic heterocycles. The normalized spacial score (nSPS) is 19.4. The predicted molar refractivity (Wildman–Crippen MR) is 340 cm³/mol. The molecule has 0 aliphatic carbocycles. The summed E-state index contributed by atoms with van der Waals surface area (Å²) in [6.45, 7) is 71.7. The second kappa shape index (κ2) is 23.6. The van der Waals surface area contributed by atoms with Crippen molar-refractivity contribution in [2.45, 2.75) is 272 Å². The molecule has 81 heavy (non-hydrogen) atoms. The zero-order valence-corrected chi connectivity index (χ0v) is 62.1. The van der Waals surface area contributed by atoms with E-state index in [9.17, 15) is 39.6 Å². The standard InChI is InChI=1S/4C16H28N2O2.Ba/c4*1-13(2,3)10-11(14(4,5)6)18-16(17-10,12(19)20)15(7,8)9;/h4*1-9H3,(H,19,20);. The molecule has 0 amide bonds. The van der Waals surface area contributed by atoms with Crippen LogP contribution in [0.4, 0.5) is 0 Å². The largest absolute Gasteiger partial charge is 0.478 e. The Labute approximate surface area is 530 Å². The number of carboxylic acid groups (broad SMARTS) is 4. The van der Waals surface area contributed by atoms with Gasteiger partial charge in [0.25, 0.3) is 22.7 Å². The summed E-state index contributed by atoms with van der Waals surface area (Å²) in [6.07, 6.45) is 0. The smallest absolute Gasteiger partial charge is 0.354 e. The molecule has 0 spiro atoms. The van der Waals surface area contributed by atoms with Crippen LogP contribution in [0.1, 0.15) is 249 Å². The van der Waals surface area contributed by atoms with Gasteiger partial charge in [0, 0.05) is 114 Å². The zero-order valence-electron chi connectivity index (χ0n) is 57.7. The molecule has 17 heteroatoms. The molecule has 4 aliphatic heterocycles. The van der Waals surface area contributed by atoms with Gasteiger partial charge in [-0.15, -0.1) is 0 Å². The molecule has 0 aromatic carbocycles. The molecule has 0 fully saturated rings. The fourth-order valence-electron chi connectivity index (χ4n) is 9.01. The van der Waals surface area contributed by atoms with Crippen LogP contribution in [-0.4, -0.2) is 162 Å². The van der Waals surface area contributed by atoms with Crippen molar-refractivity contribution in [3.8, 4) is 0 Å². The average Bonchev–Trinajstić information content (AvgIpc) is 3.97. The minimum absolute atomic E-state index is 0. The summed E-state index contributed by atoms with van der Waals surface area (Å²) in [5.41, 5.74) is -3.36. The molecule has 0 saturated heterocycles. The van der Waals surface area contributed by atoms with Gasteiger partial charge in [-0.25, -0.2) is 59.1 Å². The summed E-state index contributed by atoms with van der Waals surface area (Å²) in [6, 6.07) is 0. The fraction of sp³-hybridized carbons (Fsp3) is 0.812. The minimum atomic E-state index is -1.42.